The van der Waals surface area contributed by atoms with E-state index in [1.165, 1.54) is 29.2 Å². The molecule has 3 heterocycles. The molecule has 9 heteroatoms. The molecule has 0 bridgehead atoms. The summed E-state index contributed by atoms with van der Waals surface area (Å²) in [7, 11) is 0. The van der Waals surface area contributed by atoms with E-state index in [4.69, 9.17) is 0 Å². The maximum Gasteiger partial charge on any atom is 0.284 e. The molecule has 1 aliphatic rings. The summed E-state index contributed by atoms with van der Waals surface area (Å²) in [6, 6.07) is 10.2. The number of likely N-dealkylation sites (tertiary alicyclic amines) is 1. The number of carbonyl (C=O) groups excluding carboxylic acids is 1. The Bertz CT molecular complexity index is 1050. The third kappa shape index (κ3) is 4.15. The Balaban J connectivity index is 1.61. The molecule has 1 amide bonds. The van der Waals surface area contributed by atoms with Gasteiger partial charge in [-0.15, -0.1) is 11.3 Å². The number of hydrogen-bond acceptors (Lipinski definition) is 7. The molecule has 1 fully saturated rings. The summed E-state index contributed by atoms with van der Waals surface area (Å²) >= 11 is 2.69. The van der Waals surface area contributed by atoms with Crippen LogP contribution in [0.4, 0.5) is 5.69 Å². The van der Waals surface area contributed by atoms with Gasteiger partial charge in [0, 0.05) is 35.4 Å². The van der Waals surface area contributed by atoms with E-state index in [0.29, 0.717) is 17.0 Å². The molecule has 0 spiro atoms. The van der Waals surface area contributed by atoms with Gasteiger partial charge in [-0.1, -0.05) is 17.8 Å². The molecule has 29 heavy (non-hydrogen) atoms. The van der Waals surface area contributed by atoms with Crippen molar-refractivity contribution in [2.45, 2.75) is 35.0 Å². The highest BCUT2D eigenvalue weighted by atomic mass is 32.2. The molecule has 7 nitrogen and oxygen atoms in total. The first-order valence-electron chi connectivity index (χ1n) is 9.13. The van der Waals surface area contributed by atoms with Crippen LogP contribution in [0.25, 0.3) is 0 Å². The predicted octanol–water partition coefficient (Wildman–Crippen LogP) is 4.88. The van der Waals surface area contributed by atoms with E-state index in [0.717, 1.165) is 28.6 Å². The van der Waals surface area contributed by atoms with Gasteiger partial charge >= 0.3 is 0 Å². The molecule has 0 N–H and O–H groups in total. The summed E-state index contributed by atoms with van der Waals surface area (Å²) in [5, 5.41) is 13.5. The molecule has 3 aromatic rings. The standard InChI is InChI=1S/C20H18N4O3S2/c1-13-12-28-20(22-13)29-18-8-7-14(11-17(18)24(26)27)19(25)23-10-4-6-16(23)15-5-2-3-9-21-15/h2-3,5,7-9,11-12,16H,4,6,10H2,1H3/t16-/m1/s1. The lowest BCUT2D eigenvalue weighted by atomic mass is 10.1. The molecule has 148 valence electrons. The van der Waals surface area contributed by atoms with Crippen LogP contribution in [0.15, 0.2) is 57.2 Å². The lowest BCUT2D eigenvalue weighted by molar-refractivity contribution is -0.387. The molecule has 0 unspecified atom stereocenters. The van der Waals surface area contributed by atoms with Gasteiger partial charge in [0.25, 0.3) is 11.6 Å². The number of rotatable bonds is 5. The number of nitro groups is 1. The van der Waals surface area contributed by atoms with Gasteiger partial charge in [0.15, 0.2) is 4.34 Å². The lowest BCUT2D eigenvalue weighted by Gasteiger charge is -2.24. The van der Waals surface area contributed by atoms with Crippen LogP contribution in [0.2, 0.25) is 0 Å². The van der Waals surface area contributed by atoms with Gasteiger partial charge in [0.1, 0.15) is 0 Å². The zero-order valence-electron chi connectivity index (χ0n) is 15.6. The van der Waals surface area contributed by atoms with E-state index in [1.807, 2.05) is 30.5 Å². The predicted molar refractivity (Wildman–Crippen MR) is 111 cm³/mol. The first-order valence-corrected chi connectivity index (χ1v) is 10.8. The highest BCUT2D eigenvalue weighted by Gasteiger charge is 2.32. The number of nitrogens with zero attached hydrogens (tertiary/aromatic N) is 4. The average molecular weight is 427 g/mol. The molecule has 4 rings (SSSR count). The lowest BCUT2D eigenvalue weighted by Crippen LogP contribution is -2.31. The second-order valence-electron chi connectivity index (χ2n) is 6.71. The molecule has 1 atom stereocenters. The number of benzene rings is 1. The Hall–Kier alpha value is -2.78. The van der Waals surface area contributed by atoms with Crippen molar-refractivity contribution in [2.75, 3.05) is 6.54 Å². The minimum atomic E-state index is -0.445. The van der Waals surface area contributed by atoms with Crippen molar-refractivity contribution in [1.29, 1.82) is 0 Å². The van der Waals surface area contributed by atoms with E-state index in [9.17, 15) is 14.9 Å². The number of nitro benzene ring substituents is 1. The topological polar surface area (TPSA) is 89.2 Å². The third-order valence-corrected chi connectivity index (χ3v) is 6.86. The van der Waals surface area contributed by atoms with Gasteiger partial charge in [-0.2, -0.15) is 0 Å². The van der Waals surface area contributed by atoms with E-state index < -0.39 is 4.92 Å². The van der Waals surface area contributed by atoms with Gasteiger partial charge < -0.3 is 4.90 Å². The highest BCUT2D eigenvalue weighted by Crippen LogP contribution is 2.38. The number of hydrogen-bond donors (Lipinski definition) is 0. The molecule has 0 radical (unpaired) electrons. The van der Waals surface area contributed by atoms with Gasteiger partial charge in [-0.3, -0.25) is 19.9 Å². The Morgan fingerprint density at radius 1 is 1.34 bits per heavy atom. The maximum absolute atomic E-state index is 13.1. The average Bonchev–Trinajstić information content (AvgIpc) is 3.37. The van der Waals surface area contributed by atoms with Crippen LogP contribution in [0.3, 0.4) is 0 Å². The highest BCUT2D eigenvalue weighted by molar-refractivity contribution is 8.01. The minimum absolute atomic E-state index is 0.0812. The van der Waals surface area contributed by atoms with Crippen LogP contribution in [-0.4, -0.2) is 32.2 Å². The third-order valence-electron chi connectivity index (χ3n) is 4.74. The number of thiazole rings is 1. The van der Waals surface area contributed by atoms with Gasteiger partial charge in [-0.05, 0) is 44.0 Å². The first kappa shape index (κ1) is 19.5. The number of aryl methyl sites for hydroxylation is 1. The fourth-order valence-electron chi connectivity index (χ4n) is 3.41. The summed E-state index contributed by atoms with van der Waals surface area (Å²) in [5.41, 5.74) is 1.96. The number of carbonyl (C=O) groups is 1. The minimum Gasteiger partial charge on any atom is -0.330 e. The van der Waals surface area contributed by atoms with E-state index >= 15 is 0 Å². The van der Waals surface area contributed by atoms with Crippen LogP contribution in [0.5, 0.6) is 0 Å². The van der Waals surface area contributed by atoms with Crippen LogP contribution in [0.1, 0.15) is 40.6 Å². The molecule has 1 aromatic carbocycles. The summed E-state index contributed by atoms with van der Waals surface area (Å²) < 4.78 is 0.736. The quantitative estimate of drug-likeness (QED) is 0.427. The van der Waals surface area contributed by atoms with Crippen LogP contribution < -0.4 is 0 Å². The molecule has 0 aliphatic carbocycles. The molecule has 1 aliphatic heterocycles. The monoisotopic (exact) mass is 426 g/mol. The summed E-state index contributed by atoms with van der Waals surface area (Å²) in [5.74, 6) is -0.206. The van der Waals surface area contributed by atoms with Crippen molar-refractivity contribution in [3.05, 3.63) is 75.0 Å². The number of aromatic nitrogens is 2. The number of pyridine rings is 1. The Morgan fingerprint density at radius 2 is 2.21 bits per heavy atom. The van der Waals surface area contributed by atoms with Crippen molar-refractivity contribution >= 4 is 34.7 Å². The fraction of sp³-hybridized carbons (Fsp3) is 0.250. The zero-order valence-corrected chi connectivity index (χ0v) is 17.3. The second-order valence-corrected chi connectivity index (χ2v) is 8.85. The van der Waals surface area contributed by atoms with E-state index in [1.54, 1.807) is 23.2 Å². The zero-order chi connectivity index (χ0) is 20.4. The second kappa shape index (κ2) is 8.30. The van der Waals surface area contributed by atoms with Gasteiger partial charge in [-0.25, -0.2) is 4.98 Å². The molecular weight excluding hydrogens is 408 g/mol. The largest absolute Gasteiger partial charge is 0.330 e. The van der Waals surface area contributed by atoms with E-state index in [-0.39, 0.29) is 17.6 Å². The smallest absolute Gasteiger partial charge is 0.284 e. The Labute approximate surface area is 176 Å². The van der Waals surface area contributed by atoms with Crippen molar-refractivity contribution < 1.29 is 9.72 Å². The normalized spacial score (nSPS) is 16.2. The molecular formula is C20H18N4O3S2. The maximum atomic E-state index is 13.1. The van der Waals surface area contributed by atoms with Crippen LogP contribution in [-0.2, 0) is 0 Å². The SMILES string of the molecule is Cc1csc(Sc2ccc(C(=O)N3CCC[C@@H]3c3ccccn3)cc2[N+](=O)[O-])n1. The van der Waals surface area contributed by atoms with Crippen LogP contribution in [0, 0.1) is 17.0 Å². The van der Waals surface area contributed by atoms with Crippen molar-refractivity contribution in [2.24, 2.45) is 0 Å². The van der Waals surface area contributed by atoms with Crippen molar-refractivity contribution in [1.82, 2.24) is 14.9 Å². The Morgan fingerprint density at radius 3 is 2.90 bits per heavy atom. The number of amides is 1. The van der Waals surface area contributed by atoms with Gasteiger partial charge in [0.05, 0.1) is 21.6 Å². The first-order chi connectivity index (χ1) is 14.0. The summed E-state index contributed by atoms with van der Waals surface area (Å²) in [6.07, 6.45) is 3.43. The van der Waals surface area contributed by atoms with Gasteiger partial charge in [0.2, 0.25) is 0 Å². The van der Waals surface area contributed by atoms with Crippen molar-refractivity contribution in [3.8, 4) is 0 Å². The van der Waals surface area contributed by atoms with E-state index in [2.05, 4.69) is 9.97 Å². The summed E-state index contributed by atoms with van der Waals surface area (Å²) in [4.78, 5) is 35.3. The Kier molecular flexibility index (Phi) is 5.59. The summed E-state index contributed by atoms with van der Waals surface area (Å²) in [6.45, 7) is 2.49. The molecule has 2 aromatic heterocycles. The van der Waals surface area contributed by atoms with Crippen LogP contribution >= 0.6 is 23.1 Å². The molecule has 0 saturated carbocycles. The van der Waals surface area contributed by atoms with Crippen molar-refractivity contribution in [3.63, 3.8) is 0 Å². The fourth-order valence-corrected chi connectivity index (χ4v) is 5.29. The molecule has 1 saturated heterocycles.